The monoisotopic (exact) mass is 416 g/mol. The molecule has 30 heavy (non-hydrogen) atoms. The molecule has 1 aliphatic rings. The summed E-state index contributed by atoms with van der Waals surface area (Å²) in [4.78, 5) is 13.0. The summed E-state index contributed by atoms with van der Waals surface area (Å²) < 4.78 is 30.0. The number of urea groups is 1. The van der Waals surface area contributed by atoms with Crippen molar-refractivity contribution >= 4 is 11.7 Å². The number of carbonyl (C=O) groups excluding carboxylic acids is 1. The molecule has 0 bridgehead atoms. The average Bonchev–Trinajstić information content (AvgIpc) is 2.75. The molecule has 3 rings (SSSR count). The predicted octanol–water partition coefficient (Wildman–Crippen LogP) is 4.84. The van der Waals surface area contributed by atoms with E-state index in [1.165, 1.54) is 12.1 Å². The van der Waals surface area contributed by atoms with Crippen molar-refractivity contribution in [3.05, 3.63) is 53.8 Å². The van der Waals surface area contributed by atoms with Gasteiger partial charge in [0.2, 0.25) is 0 Å². The zero-order chi connectivity index (χ0) is 21.4. The van der Waals surface area contributed by atoms with E-state index in [1.54, 1.807) is 37.4 Å². The lowest BCUT2D eigenvalue weighted by Gasteiger charge is -2.38. The molecule has 1 fully saturated rings. The molecular weight excluding hydrogens is 387 g/mol. The van der Waals surface area contributed by atoms with Gasteiger partial charge in [-0.15, -0.1) is 0 Å². The van der Waals surface area contributed by atoms with Gasteiger partial charge in [-0.3, -0.25) is 0 Å². The molecule has 0 saturated carbocycles. The maximum Gasteiger partial charge on any atom is 0.320 e. The van der Waals surface area contributed by atoms with E-state index in [2.05, 4.69) is 17.6 Å². The van der Waals surface area contributed by atoms with Crippen LogP contribution in [0.25, 0.3) is 0 Å². The van der Waals surface area contributed by atoms with E-state index in [1.807, 2.05) is 0 Å². The van der Waals surface area contributed by atoms with E-state index >= 15 is 0 Å². The molecule has 0 aromatic heterocycles. The van der Waals surface area contributed by atoms with Gasteiger partial charge in [-0.05, 0) is 49.1 Å². The minimum Gasteiger partial charge on any atom is -0.497 e. The quantitative estimate of drug-likeness (QED) is 0.604. The smallest absolute Gasteiger partial charge is 0.320 e. The molecule has 0 radical (unpaired) electrons. The third-order valence-corrected chi connectivity index (χ3v) is 5.29. The number of amides is 2. The summed E-state index contributed by atoms with van der Waals surface area (Å²) in [6.07, 6.45) is 3.14. The Kier molecular flexibility index (Phi) is 7.52. The molecule has 0 unspecified atom stereocenters. The van der Waals surface area contributed by atoms with E-state index in [0.717, 1.165) is 18.4 Å². The van der Waals surface area contributed by atoms with Gasteiger partial charge in [-0.1, -0.05) is 25.5 Å². The zero-order valence-electron chi connectivity index (χ0n) is 17.5. The highest BCUT2D eigenvalue weighted by Gasteiger charge is 2.36. The SMILES string of the molecule is CCCCOc1ccc(OC)cc1NC(=O)NC1(c2ccc(F)cc2)CCOCC1. The number of carbonyl (C=O) groups is 1. The molecule has 0 spiro atoms. The highest BCUT2D eigenvalue weighted by Crippen LogP contribution is 2.33. The van der Waals surface area contributed by atoms with Crippen LogP contribution in [0.5, 0.6) is 11.5 Å². The third-order valence-electron chi connectivity index (χ3n) is 5.29. The van der Waals surface area contributed by atoms with E-state index in [0.29, 0.717) is 49.8 Å². The number of nitrogens with one attached hydrogen (secondary N) is 2. The molecule has 7 heteroatoms. The van der Waals surface area contributed by atoms with Gasteiger partial charge in [0, 0.05) is 19.3 Å². The molecule has 0 atom stereocenters. The summed E-state index contributed by atoms with van der Waals surface area (Å²) in [5.74, 6) is 0.894. The Balaban J connectivity index is 1.79. The molecule has 1 heterocycles. The molecule has 2 amide bonds. The summed E-state index contributed by atoms with van der Waals surface area (Å²) in [6, 6.07) is 11.2. The molecular formula is C23H29FN2O4. The lowest BCUT2D eigenvalue weighted by Crippen LogP contribution is -2.50. The van der Waals surface area contributed by atoms with Crippen LogP contribution in [0.2, 0.25) is 0 Å². The van der Waals surface area contributed by atoms with Gasteiger partial charge in [0.25, 0.3) is 0 Å². The summed E-state index contributed by atoms with van der Waals surface area (Å²) in [7, 11) is 1.57. The minimum absolute atomic E-state index is 0.310. The highest BCUT2D eigenvalue weighted by atomic mass is 19.1. The number of halogens is 1. The van der Waals surface area contributed by atoms with E-state index in [4.69, 9.17) is 14.2 Å². The fourth-order valence-corrected chi connectivity index (χ4v) is 3.53. The van der Waals surface area contributed by atoms with Crippen molar-refractivity contribution in [1.29, 1.82) is 0 Å². The first-order valence-electron chi connectivity index (χ1n) is 10.3. The zero-order valence-corrected chi connectivity index (χ0v) is 17.5. The fraction of sp³-hybridized carbons (Fsp3) is 0.435. The second-order valence-electron chi connectivity index (χ2n) is 7.34. The van der Waals surface area contributed by atoms with Crippen molar-refractivity contribution in [1.82, 2.24) is 5.32 Å². The number of anilines is 1. The van der Waals surface area contributed by atoms with Crippen LogP contribution in [0.3, 0.4) is 0 Å². The van der Waals surface area contributed by atoms with Gasteiger partial charge in [0.1, 0.15) is 17.3 Å². The van der Waals surface area contributed by atoms with Crippen LogP contribution in [0, 0.1) is 5.82 Å². The maximum atomic E-state index is 13.4. The lowest BCUT2D eigenvalue weighted by atomic mass is 9.83. The van der Waals surface area contributed by atoms with Crippen molar-refractivity contribution in [2.24, 2.45) is 0 Å². The third kappa shape index (κ3) is 5.42. The number of hydrogen-bond acceptors (Lipinski definition) is 4. The van der Waals surface area contributed by atoms with Crippen molar-refractivity contribution in [2.75, 3.05) is 32.2 Å². The molecule has 1 saturated heterocycles. The van der Waals surface area contributed by atoms with E-state index in [9.17, 15) is 9.18 Å². The van der Waals surface area contributed by atoms with Gasteiger partial charge in [0.15, 0.2) is 0 Å². The molecule has 6 nitrogen and oxygen atoms in total. The van der Waals surface area contributed by atoms with Crippen LogP contribution >= 0.6 is 0 Å². The summed E-state index contributed by atoms with van der Waals surface area (Å²) in [6.45, 7) is 3.69. The largest absolute Gasteiger partial charge is 0.497 e. The van der Waals surface area contributed by atoms with Gasteiger partial charge < -0.3 is 24.8 Å². The summed E-state index contributed by atoms with van der Waals surface area (Å²) in [5.41, 5.74) is 0.759. The molecule has 162 valence electrons. The topological polar surface area (TPSA) is 68.8 Å². The van der Waals surface area contributed by atoms with Crippen molar-refractivity contribution < 1.29 is 23.4 Å². The Morgan fingerprint density at radius 1 is 1.17 bits per heavy atom. The number of benzene rings is 2. The second-order valence-corrected chi connectivity index (χ2v) is 7.34. The Morgan fingerprint density at radius 3 is 2.57 bits per heavy atom. The molecule has 2 aromatic carbocycles. The van der Waals surface area contributed by atoms with E-state index in [-0.39, 0.29) is 11.8 Å². The summed E-state index contributed by atoms with van der Waals surface area (Å²) >= 11 is 0. The number of unbranched alkanes of at least 4 members (excludes halogenated alkanes) is 1. The first kappa shape index (κ1) is 21.9. The lowest BCUT2D eigenvalue weighted by molar-refractivity contribution is 0.0417. The Hall–Kier alpha value is -2.80. The first-order chi connectivity index (χ1) is 14.6. The Labute approximate surface area is 176 Å². The Bertz CT molecular complexity index is 836. The first-order valence-corrected chi connectivity index (χ1v) is 10.3. The van der Waals surface area contributed by atoms with Crippen molar-refractivity contribution in [3.8, 4) is 11.5 Å². The number of hydrogen-bond donors (Lipinski definition) is 2. The normalized spacial score (nSPS) is 15.3. The number of rotatable bonds is 8. The van der Waals surface area contributed by atoms with Crippen LogP contribution in [-0.2, 0) is 10.3 Å². The van der Waals surface area contributed by atoms with Crippen LogP contribution in [-0.4, -0.2) is 33.0 Å². The predicted molar refractivity (Wildman–Crippen MR) is 114 cm³/mol. The number of methoxy groups -OCH3 is 1. The highest BCUT2D eigenvalue weighted by molar-refractivity contribution is 5.91. The number of ether oxygens (including phenoxy) is 3. The molecule has 2 aromatic rings. The van der Waals surface area contributed by atoms with Crippen LogP contribution in [0.4, 0.5) is 14.9 Å². The van der Waals surface area contributed by atoms with Gasteiger partial charge in [-0.2, -0.15) is 0 Å². The minimum atomic E-state index is -0.627. The average molecular weight is 416 g/mol. The molecule has 2 N–H and O–H groups in total. The van der Waals surface area contributed by atoms with Crippen molar-refractivity contribution in [2.45, 2.75) is 38.1 Å². The summed E-state index contributed by atoms with van der Waals surface area (Å²) in [5, 5.41) is 6.00. The van der Waals surface area contributed by atoms with Gasteiger partial charge in [-0.25, -0.2) is 9.18 Å². The van der Waals surface area contributed by atoms with Crippen molar-refractivity contribution in [3.63, 3.8) is 0 Å². The van der Waals surface area contributed by atoms with E-state index < -0.39 is 5.54 Å². The van der Waals surface area contributed by atoms with Gasteiger partial charge in [0.05, 0.1) is 24.9 Å². The molecule has 1 aliphatic heterocycles. The second kappa shape index (κ2) is 10.3. The molecule has 0 aliphatic carbocycles. The van der Waals surface area contributed by atoms with Crippen LogP contribution < -0.4 is 20.1 Å². The standard InChI is InChI=1S/C23H29FN2O4/c1-3-4-13-30-21-10-9-19(28-2)16-20(21)25-22(27)26-23(11-14-29-15-12-23)17-5-7-18(24)8-6-17/h5-10,16H,3-4,11-15H2,1-2H3,(H2,25,26,27). The maximum absolute atomic E-state index is 13.4. The van der Waals surface area contributed by atoms with Crippen LogP contribution in [0.15, 0.2) is 42.5 Å². The van der Waals surface area contributed by atoms with Crippen LogP contribution in [0.1, 0.15) is 38.2 Å². The Morgan fingerprint density at radius 2 is 1.90 bits per heavy atom. The fourth-order valence-electron chi connectivity index (χ4n) is 3.53. The van der Waals surface area contributed by atoms with Gasteiger partial charge >= 0.3 is 6.03 Å².